The minimum atomic E-state index is 0. The number of nitrogens with one attached hydrogen (secondary N) is 1. The molecular weight excluding hydrogens is 374 g/mol. The molecule has 1 amide bonds. The molecule has 0 aromatic heterocycles. The summed E-state index contributed by atoms with van der Waals surface area (Å²) in [4.78, 5) is 17.4. The lowest BCUT2D eigenvalue weighted by Crippen LogP contribution is -2.51. The van der Waals surface area contributed by atoms with Gasteiger partial charge in [-0.2, -0.15) is 0 Å². The summed E-state index contributed by atoms with van der Waals surface area (Å²) in [5, 5.41) is 3.45. The molecule has 1 N–H and O–H groups in total. The van der Waals surface area contributed by atoms with Gasteiger partial charge in [0.25, 0.3) is 0 Å². The minimum Gasteiger partial charge on any atom is -0.496 e. The van der Waals surface area contributed by atoms with Crippen LogP contribution >= 0.6 is 12.4 Å². The first-order valence-corrected chi connectivity index (χ1v) is 9.56. The van der Waals surface area contributed by atoms with E-state index >= 15 is 0 Å². The molecule has 0 bridgehead atoms. The van der Waals surface area contributed by atoms with Crippen LogP contribution in [0, 0.1) is 0 Å². The number of hydrogen-bond donors (Lipinski definition) is 1. The Morgan fingerprint density at radius 3 is 2.54 bits per heavy atom. The van der Waals surface area contributed by atoms with E-state index in [1.54, 1.807) is 7.11 Å². The maximum absolute atomic E-state index is 13.2. The molecular formula is C22H30ClN3O2. The highest BCUT2D eigenvalue weighted by Crippen LogP contribution is 2.30. The van der Waals surface area contributed by atoms with Crippen molar-refractivity contribution in [3.63, 3.8) is 0 Å². The molecule has 3 rings (SSSR count). The van der Waals surface area contributed by atoms with Crippen molar-refractivity contribution in [2.45, 2.75) is 25.9 Å². The maximum atomic E-state index is 13.2. The van der Waals surface area contributed by atoms with Crippen molar-refractivity contribution in [3.8, 4) is 5.75 Å². The molecule has 1 aliphatic heterocycles. The summed E-state index contributed by atoms with van der Waals surface area (Å²) >= 11 is 0. The number of carbonyl (C=O) groups excluding carboxylic acids is 1. The largest absolute Gasteiger partial charge is 0.496 e. The molecule has 2 aromatic carbocycles. The number of carbonyl (C=O) groups is 1. The molecule has 1 saturated heterocycles. The van der Waals surface area contributed by atoms with Gasteiger partial charge in [0.2, 0.25) is 5.91 Å². The summed E-state index contributed by atoms with van der Waals surface area (Å²) < 4.78 is 5.56. The Kier molecular flexibility index (Phi) is 8.30. The summed E-state index contributed by atoms with van der Waals surface area (Å²) in [7, 11) is 1.69. The SMILES string of the molecule is COc1ccccc1C1CNCCN1CC(=O)N(c1ccccc1)C(C)C.Cl. The van der Waals surface area contributed by atoms with Crippen LogP contribution in [-0.2, 0) is 4.79 Å². The van der Waals surface area contributed by atoms with E-state index < -0.39 is 0 Å². The highest BCUT2D eigenvalue weighted by Gasteiger charge is 2.30. The third-order valence-electron chi connectivity index (χ3n) is 5.01. The number of ether oxygens (including phenoxy) is 1. The number of para-hydroxylation sites is 2. The van der Waals surface area contributed by atoms with Gasteiger partial charge in [0.1, 0.15) is 5.75 Å². The zero-order chi connectivity index (χ0) is 19.2. The molecule has 0 aliphatic carbocycles. The molecule has 28 heavy (non-hydrogen) atoms. The Morgan fingerprint density at radius 2 is 1.86 bits per heavy atom. The number of benzene rings is 2. The monoisotopic (exact) mass is 403 g/mol. The highest BCUT2D eigenvalue weighted by atomic mass is 35.5. The number of anilines is 1. The van der Waals surface area contributed by atoms with E-state index in [2.05, 4.69) is 30.1 Å². The van der Waals surface area contributed by atoms with E-state index in [4.69, 9.17) is 4.74 Å². The Balaban J connectivity index is 0.00000280. The summed E-state index contributed by atoms with van der Waals surface area (Å²) in [6.07, 6.45) is 0. The van der Waals surface area contributed by atoms with Gasteiger partial charge < -0.3 is 15.0 Å². The van der Waals surface area contributed by atoms with E-state index in [-0.39, 0.29) is 30.4 Å². The molecule has 1 aliphatic rings. The summed E-state index contributed by atoms with van der Waals surface area (Å²) in [6, 6.07) is 18.2. The second kappa shape index (κ2) is 10.5. The van der Waals surface area contributed by atoms with E-state index in [1.165, 1.54) is 0 Å². The topological polar surface area (TPSA) is 44.8 Å². The number of halogens is 1. The lowest BCUT2D eigenvalue weighted by Gasteiger charge is -2.38. The lowest BCUT2D eigenvalue weighted by atomic mass is 10.0. The van der Waals surface area contributed by atoms with Crippen LogP contribution in [0.25, 0.3) is 0 Å². The standard InChI is InChI=1S/C22H29N3O2.ClH/c1-17(2)25(18-9-5-4-6-10-18)22(26)16-24-14-13-23-15-20(24)19-11-7-8-12-21(19)27-3;/h4-12,17,20,23H,13-16H2,1-3H3;1H. The first kappa shape index (κ1) is 22.2. The third kappa shape index (κ3) is 5.04. The van der Waals surface area contributed by atoms with Crippen LogP contribution in [0.3, 0.4) is 0 Å². The van der Waals surface area contributed by atoms with Gasteiger partial charge in [-0.05, 0) is 32.0 Å². The van der Waals surface area contributed by atoms with Crippen LogP contribution in [0.2, 0.25) is 0 Å². The Bertz CT molecular complexity index is 754. The van der Waals surface area contributed by atoms with Crippen molar-refractivity contribution < 1.29 is 9.53 Å². The average Bonchev–Trinajstić information content (AvgIpc) is 2.69. The molecule has 6 heteroatoms. The van der Waals surface area contributed by atoms with Crippen molar-refractivity contribution in [1.82, 2.24) is 10.2 Å². The van der Waals surface area contributed by atoms with Crippen molar-refractivity contribution >= 4 is 24.0 Å². The fourth-order valence-corrected chi connectivity index (χ4v) is 3.75. The summed E-state index contributed by atoms with van der Waals surface area (Å²) in [6.45, 7) is 7.01. The normalized spacial score (nSPS) is 17.1. The molecule has 5 nitrogen and oxygen atoms in total. The number of hydrogen-bond acceptors (Lipinski definition) is 4. The Labute approximate surface area is 174 Å². The summed E-state index contributed by atoms with van der Waals surface area (Å²) in [5.41, 5.74) is 2.07. The molecule has 0 saturated carbocycles. The number of amides is 1. The highest BCUT2D eigenvalue weighted by molar-refractivity contribution is 5.95. The second-order valence-electron chi connectivity index (χ2n) is 7.13. The fourth-order valence-electron chi connectivity index (χ4n) is 3.75. The van der Waals surface area contributed by atoms with Gasteiger partial charge in [-0.25, -0.2) is 0 Å². The van der Waals surface area contributed by atoms with Crippen LogP contribution in [-0.4, -0.2) is 50.1 Å². The molecule has 0 spiro atoms. The summed E-state index contributed by atoms with van der Waals surface area (Å²) in [5.74, 6) is 0.991. The zero-order valence-electron chi connectivity index (χ0n) is 16.8. The third-order valence-corrected chi connectivity index (χ3v) is 5.01. The van der Waals surface area contributed by atoms with E-state index in [0.717, 1.165) is 36.6 Å². The molecule has 2 aromatic rings. The van der Waals surface area contributed by atoms with Crippen LogP contribution < -0.4 is 15.0 Å². The molecule has 1 fully saturated rings. The number of nitrogens with zero attached hydrogens (tertiary/aromatic N) is 2. The number of rotatable bonds is 6. The van der Waals surface area contributed by atoms with Gasteiger partial charge in [0.05, 0.1) is 19.7 Å². The Morgan fingerprint density at radius 1 is 1.18 bits per heavy atom. The van der Waals surface area contributed by atoms with E-state index in [1.807, 2.05) is 53.4 Å². The van der Waals surface area contributed by atoms with Crippen molar-refractivity contribution in [3.05, 3.63) is 60.2 Å². The van der Waals surface area contributed by atoms with Crippen LogP contribution in [0.4, 0.5) is 5.69 Å². The zero-order valence-corrected chi connectivity index (χ0v) is 17.6. The van der Waals surface area contributed by atoms with Gasteiger partial charge in [-0.3, -0.25) is 9.69 Å². The van der Waals surface area contributed by atoms with E-state index in [9.17, 15) is 4.79 Å². The van der Waals surface area contributed by atoms with Crippen LogP contribution in [0.1, 0.15) is 25.5 Å². The lowest BCUT2D eigenvalue weighted by molar-refractivity contribution is -0.120. The predicted octanol–water partition coefficient (Wildman–Crippen LogP) is 3.50. The first-order chi connectivity index (χ1) is 13.1. The average molecular weight is 404 g/mol. The van der Waals surface area contributed by atoms with Crippen LogP contribution in [0.15, 0.2) is 54.6 Å². The van der Waals surface area contributed by atoms with E-state index in [0.29, 0.717) is 6.54 Å². The van der Waals surface area contributed by atoms with Crippen molar-refractivity contribution in [2.75, 3.05) is 38.2 Å². The first-order valence-electron chi connectivity index (χ1n) is 9.56. The van der Waals surface area contributed by atoms with Gasteiger partial charge in [-0.1, -0.05) is 36.4 Å². The molecule has 1 heterocycles. The molecule has 0 radical (unpaired) electrons. The quantitative estimate of drug-likeness (QED) is 0.801. The maximum Gasteiger partial charge on any atom is 0.241 e. The van der Waals surface area contributed by atoms with Crippen LogP contribution in [0.5, 0.6) is 5.75 Å². The van der Waals surface area contributed by atoms with Gasteiger partial charge in [0, 0.05) is 36.9 Å². The van der Waals surface area contributed by atoms with Gasteiger partial charge >= 0.3 is 0 Å². The second-order valence-corrected chi connectivity index (χ2v) is 7.13. The van der Waals surface area contributed by atoms with Gasteiger partial charge in [0.15, 0.2) is 0 Å². The smallest absolute Gasteiger partial charge is 0.241 e. The van der Waals surface area contributed by atoms with Crippen molar-refractivity contribution in [1.29, 1.82) is 0 Å². The molecule has 152 valence electrons. The molecule has 1 atom stereocenters. The molecule has 1 unspecified atom stereocenters. The number of methoxy groups -OCH3 is 1. The Hall–Kier alpha value is -2.08. The van der Waals surface area contributed by atoms with Gasteiger partial charge in [-0.15, -0.1) is 12.4 Å². The van der Waals surface area contributed by atoms with Crippen molar-refractivity contribution in [2.24, 2.45) is 0 Å². The number of piperazine rings is 1. The predicted molar refractivity (Wildman–Crippen MR) is 116 cm³/mol. The minimum absolute atomic E-state index is 0. The fraction of sp³-hybridized carbons (Fsp3) is 0.409.